The third kappa shape index (κ3) is 2.80. The van der Waals surface area contributed by atoms with Crippen LogP contribution in [0.25, 0.3) is 10.9 Å². The number of nitrogens with zero attached hydrogens (tertiary/aromatic N) is 6. The second kappa shape index (κ2) is 5.65. The maximum absolute atomic E-state index is 5.98. The highest BCUT2D eigenvalue weighted by Crippen LogP contribution is 2.23. The van der Waals surface area contributed by atoms with Crippen molar-refractivity contribution in [2.45, 2.75) is 30.8 Å². The molecule has 2 aromatic heterocycles. The van der Waals surface area contributed by atoms with Gasteiger partial charge in [-0.15, -0.1) is 5.10 Å². The Kier molecular flexibility index (Phi) is 3.70. The highest BCUT2D eigenvalue weighted by molar-refractivity contribution is 7.98. The minimum absolute atomic E-state index is 0.213. The molecule has 7 nitrogen and oxygen atoms in total. The number of rotatable bonds is 4. The molecule has 21 heavy (non-hydrogen) atoms. The standard InChI is InChI=1S/C13H15N7S/c1-8(2)20-13(17-18-19-20)21-7-11-15-10-6-4-3-5-9(10)12(14)16-11/h3-6,8H,7H2,1-2H3,(H2,14,15,16). The zero-order valence-electron chi connectivity index (χ0n) is 11.8. The monoisotopic (exact) mass is 301 g/mol. The smallest absolute Gasteiger partial charge is 0.209 e. The van der Waals surface area contributed by atoms with Crippen molar-refractivity contribution < 1.29 is 0 Å². The molecule has 1 aromatic carbocycles. The van der Waals surface area contributed by atoms with Crippen LogP contribution in [0.4, 0.5) is 5.82 Å². The third-order valence-electron chi connectivity index (χ3n) is 2.96. The molecule has 0 saturated heterocycles. The summed E-state index contributed by atoms with van der Waals surface area (Å²) in [6.45, 7) is 4.07. The van der Waals surface area contributed by atoms with E-state index in [2.05, 4.69) is 25.5 Å². The first kappa shape index (κ1) is 13.7. The van der Waals surface area contributed by atoms with Gasteiger partial charge in [-0.3, -0.25) is 0 Å². The van der Waals surface area contributed by atoms with Crippen molar-refractivity contribution in [2.75, 3.05) is 5.73 Å². The van der Waals surface area contributed by atoms with Crippen molar-refractivity contribution in [2.24, 2.45) is 0 Å². The van der Waals surface area contributed by atoms with E-state index in [1.165, 1.54) is 11.8 Å². The number of nitrogen functional groups attached to an aromatic ring is 1. The van der Waals surface area contributed by atoms with Gasteiger partial charge in [-0.1, -0.05) is 23.9 Å². The van der Waals surface area contributed by atoms with Gasteiger partial charge in [-0.25, -0.2) is 14.6 Å². The Hall–Kier alpha value is -2.22. The maximum Gasteiger partial charge on any atom is 0.209 e. The highest BCUT2D eigenvalue weighted by Gasteiger charge is 2.11. The van der Waals surface area contributed by atoms with E-state index in [9.17, 15) is 0 Å². The van der Waals surface area contributed by atoms with Crippen LogP contribution in [0, 0.1) is 0 Å². The van der Waals surface area contributed by atoms with Gasteiger partial charge in [0.25, 0.3) is 0 Å². The first-order chi connectivity index (χ1) is 10.1. The summed E-state index contributed by atoms with van der Waals surface area (Å²) in [5.74, 6) is 1.75. The Bertz CT molecular complexity index is 768. The molecule has 3 rings (SSSR count). The van der Waals surface area contributed by atoms with Gasteiger partial charge >= 0.3 is 0 Å². The van der Waals surface area contributed by atoms with Gasteiger partial charge in [0, 0.05) is 5.39 Å². The number of tetrazole rings is 1. The first-order valence-electron chi connectivity index (χ1n) is 6.57. The van der Waals surface area contributed by atoms with Gasteiger partial charge in [0.15, 0.2) is 0 Å². The van der Waals surface area contributed by atoms with Crippen LogP contribution in [0.5, 0.6) is 0 Å². The van der Waals surface area contributed by atoms with Crippen molar-refractivity contribution in [3.05, 3.63) is 30.1 Å². The van der Waals surface area contributed by atoms with Crippen LogP contribution in [0.1, 0.15) is 25.7 Å². The summed E-state index contributed by atoms with van der Waals surface area (Å²) in [4.78, 5) is 8.86. The molecule has 0 amide bonds. The largest absolute Gasteiger partial charge is 0.383 e. The zero-order chi connectivity index (χ0) is 14.8. The Labute approximate surface area is 126 Å². The van der Waals surface area contributed by atoms with Gasteiger partial charge < -0.3 is 5.73 Å². The minimum Gasteiger partial charge on any atom is -0.383 e. The summed E-state index contributed by atoms with van der Waals surface area (Å²) in [6.07, 6.45) is 0. The van der Waals surface area contributed by atoms with Gasteiger partial charge in [-0.05, 0) is 36.4 Å². The number of hydrogen-bond acceptors (Lipinski definition) is 7. The number of hydrogen-bond donors (Lipinski definition) is 1. The fourth-order valence-corrected chi connectivity index (χ4v) is 2.81. The predicted molar refractivity (Wildman–Crippen MR) is 81.7 cm³/mol. The number of aromatic nitrogens is 6. The average Bonchev–Trinajstić information content (AvgIpc) is 2.94. The Balaban J connectivity index is 1.84. The second-order valence-electron chi connectivity index (χ2n) is 4.83. The molecule has 0 spiro atoms. The van der Waals surface area contributed by atoms with E-state index in [1.54, 1.807) is 4.68 Å². The Morgan fingerprint density at radius 2 is 2.05 bits per heavy atom. The molecule has 8 heteroatoms. The maximum atomic E-state index is 5.98. The molecule has 0 saturated carbocycles. The topological polar surface area (TPSA) is 95.4 Å². The lowest BCUT2D eigenvalue weighted by molar-refractivity contribution is 0.477. The van der Waals surface area contributed by atoms with Crippen LogP contribution in [-0.4, -0.2) is 30.2 Å². The Morgan fingerprint density at radius 3 is 2.86 bits per heavy atom. The normalized spacial score (nSPS) is 11.4. The highest BCUT2D eigenvalue weighted by atomic mass is 32.2. The van der Waals surface area contributed by atoms with Gasteiger partial charge in [0.2, 0.25) is 5.16 Å². The molecule has 0 bridgehead atoms. The van der Waals surface area contributed by atoms with E-state index in [1.807, 2.05) is 38.1 Å². The minimum atomic E-state index is 0.213. The first-order valence-corrected chi connectivity index (χ1v) is 7.55. The predicted octanol–water partition coefficient (Wildman–Crippen LogP) is 2.07. The zero-order valence-corrected chi connectivity index (χ0v) is 12.6. The molecule has 3 aromatic rings. The lowest BCUT2D eigenvalue weighted by atomic mass is 10.2. The molecule has 0 aliphatic rings. The molecule has 108 valence electrons. The fraction of sp³-hybridized carbons (Fsp3) is 0.308. The summed E-state index contributed by atoms with van der Waals surface area (Å²) < 4.78 is 1.77. The summed E-state index contributed by atoms with van der Waals surface area (Å²) in [7, 11) is 0. The second-order valence-corrected chi connectivity index (χ2v) is 5.77. The quantitative estimate of drug-likeness (QED) is 0.737. The molecule has 0 aliphatic carbocycles. The molecule has 0 aliphatic heterocycles. The van der Waals surface area contributed by atoms with Gasteiger partial charge in [0.05, 0.1) is 17.3 Å². The lowest BCUT2D eigenvalue weighted by Gasteiger charge is -2.07. The number of anilines is 1. The molecule has 0 unspecified atom stereocenters. The van der Waals surface area contributed by atoms with Crippen LogP contribution in [-0.2, 0) is 5.75 Å². The van der Waals surface area contributed by atoms with Crippen molar-refractivity contribution in [1.29, 1.82) is 0 Å². The van der Waals surface area contributed by atoms with Crippen molar-refractivity contribution in [3.8, 4) is 0 Å². The van der Waals surface area contributed by atoms with E-state index in [-0.39, 0.29) is 6.04 Å². The van der Waals surface area contributed by atoms with Crippen molar-refractivity contribution in [1.82, 2.24) is 30.2 Å². The summed E-state index contributed by atoms with van der Waals surface area (Å²) in [5.41, 5.74) is 6.83. The third-order valence-corrected chi connectivity index (χ3v) is 3.89. The van der Waals surface area contributed by atoms with E-state index >= 15 is 0 Å². The average molecular weight is 301 g/mol. The SMILES string of the molecule is CC(C)n1nnnc1SCc1nc(N)c2ccccc2n1. The van der Waals surface area contributed by atoms with Crippen molar-refractivity contribution >= 4 is 28.5 Å². The van der Waals surface area contributed by atoms with E-state index in [4.69, 9.17) is 5.73 Å². The molecule has 0 atom stereocenters. The molecule has 2 heterocycles. The Morgan fingerprint density at radius 1 is 1.24 bits per heavy atom. The van der Waals surface area contributed by atoms with Crippen LogP contribution >= 0.6 is 11.8 Å². The lowest BCUT2D eigenvalue weighted by Crippen LogP contribution is -2.05. The van der Waals surface area contributed by atoms with Crippen molar-refractivity contribution in [3.63, 3.8) is 0 Å². The molecule has 0 radical (unpaired) electrons. The molecule has 2 N–H and O–H groups in total. The molecular weight excluding hydrogens is 286 g/mol. The van der Waals surface area contributed by atoms with E-state index in [0.717, 1.165) is 16.1 Å². The number of thioether (sulfide) groups is 1. The molecule has 0 fully saturated rings. The van der Waals surface area contributed by atoms with Crippen LogP contribution in [0.2, 0.25) is 0 Å². The van der Waals surface area contributed by atoms with Crippen LogP contribution in [0.15, 0.2) is 29.4 Å². The van der Waals surface area contributed by atoms with Gasteiger partial charge in [0.1, 0.15) is 11.6 Å². The number of para-hydroxylation sites is 1. The summed E-state index contributed by atoms with van der Waals surface area (Å²) in [5, 5.41) is 13.3. The van der Waals surface area contributed by atoms with E-state index in [0.29, 0.717) is 17.4 Å². The van der Waals surface area contributed by atoms with Gasteiger partial charge in [-0.2, -0.15) is 0 Å². The number of fused-ring (bicyclic) bond motifs is 1. The van der Waals surface area contributed by atoms with Crippen LogP contribution in [0.3, 0.4) is 0 Å². The van der Waals surface area contributed by atoms with Crippen LogP contribution < -0.4 is 5.73 Å². The molecular formula is C13H15N7S. The number of nitrogens with two attached hydrogens (primary N) is 1. The fourth-order valence-electron chi connectivity index (χ4n) is 1.95. The number of benzene rings is 1. The van der Waals surface area contributed by atoms with E-state index < -0.39 is 0 Å². The summed E-state index contributed by atoms with van der Waals surface area (Å²) in [6, 6.07) is 7.92. The summed E-state index contributed by atoms with van der Waals surface area (Å²) >= 11 is 1.50.